The smallest absolute Gasteiger partial charge is 0.289 e. The quantitative estimate of drug-likeness (QED) is 0.888. The zero-order valence-electron chi connectivity index (χ0n) is 8.58. The molecule has 0 heterocycles. The maximum Gasteiger partial charge on any atom is 0.289 e. The van der Waals surface area contributed by atoms with Crippen molar-refractivity contribution in [1.82, 2.24) is 0 Å². The van der Waals surface area contributed by atoms with E-state index in [0.717, 1.165) is 0 Å². The third-order valence-corrected chi connectivity index (χ3v) is 2.47. The van der Waals surface area contributed by atoms with E-state index in [4.69, 9.17) is 22.4 Å². The molecule has 0 spiro atoms. The van der Waals surface area contributed by atoms with Crippen LogP contribution in [0.15, 0.2) is 18.2 Å². The van der Waals surface area contributed by atoms with Gasteiger partial charge in [-0.25, -0.2) is 8.78 Å². The second-order valence-electron chi connectivity index (χ2n) is 3.40. The molecular weight excluding hydrogens is 259 g/mol. The molecule has 0 amide bonds. The summed E-state index contributed by atoms with van der Waals surface area (Å²) in [4.78, 5) is 0. The fourth-order valence-electron chi connectivity index (χ4n) is 1.31. The van der Waals surface area contributed by atoms with Gasteiger partial charge in [0.15, 0.2) is 0 Å². The van der Waals surface area contributed by atoms with Gasteiger partial charge < -0.3 is 10.8 Å². The Balaban J connectivity index is 0.00000225. The molecule has 1 aromatic rings. The van der Waals surface area contributed by atoms with Gasteiger partial charge in [-0.3, -0.25) is 0 Å². The lowest BCUT2D eigenvalue weighted by atomic mass is 9.97. The van der Waals surface area contributed by atoms with E-state index in [2.05, 4.69) is 0 Å². The van der Waals surface area contributed by atoms with E-state index in [9.17, 15) is 8.78 Å². The molecule has 92 valence electrons. The summed E-state index contributed by atoms with van der Waals surface area (Å²) in [6.07, 6.45) is 0. The monoisotopic (exact) mass is 271 g/mol. The van der Waals surface area contributed by atoms with Gasteiger partial charge in [0.25, 0.3) is 5.92 Å². The van der Waals surface area contributed by atoms with Crippen LogP contribution in [0.5, 0.6) is 0 Å². The maximum absolute atomic E-state index is 13.1. The van der Waals surface area contributed by atoms with Crippen LogP contribution in [0, 0.1) is 6.92 Å². The Bertz CT molecular complexity index is 361. The Morgan fingerprint density at radius 3 is 2.50 bits per heavy atom. The van der Waals surface area contributed by atoms with Crippen LogP contribution >= 0.6 is 24.0 Å². The molecular formula is C10H13Cl2F2NO. The second kappa shape index (κ2) is 5.77. The van der Waals surface area contributed by atoms with Gasteiger partial charge in [0, 0.05) is 5.02 Å². The fourth-order valence-corrected chi connectivity index (χ4v) is 1.54. The summed E-state index contributed by atoms with van der Waals surface area (Å²) in [5.41, 5.74) is 6.26. The van der Waals surface area contributed by atoms with Gasteiger partial charge in [0.2, 0.25) is 0 Å². The summed E-state index contributed by atoms with van der Waals surface area (Å²) in [5.74, 6) is -3.32. The molecule has 2 nitrogen and oxygen atoms in total. The third-order valence-electron chi connectivity index (χ3n) is 2.23. The standard InChI is InChI=1S/C10H12ClF2NO.ClH/c1-6-4-7(11)2-3-8(6)9(14)10(12,13)5-15;/h2-4,9,15H,5,14H2,1H3;1H/t9-;/m1./s1. The van der Waals surface area contributed by atoms with E-state index >= 15 is 0 Å². The highest BCUT2D eigenvalue weighted by Crippen LogP contribution is 2.31. The van der Waals surface area contributed by atoms with E-state index in [-0.39, 0.29) is 12.4 Å². The van der Waals surface area contributed by atoms with E-state index in [1.54, 1.807) is 13.0 Å². The molecule has 0 bridgehead atoms. The lowest BCUT2D eigenvalue weighted by molar-refractivity contribution is -0.0713. The number of hydrogen-bond donors (Lipinski definition) is 2. The van der Waals surface area contributed by atoms with Gasteiger partial charge in [0.1, 0.15) is 6.61 Å². The van der Waals surface area contributed by atoms with Gasteiger partial charge in [0.05, 0.1) is 6.04 Å². The zero-order valence-corrected chi connectivity index (χ0v) is 10.2. The highest BCUT2D eigenvalue weighted by Gasteiger charge is 2.37. The molecule has 0 aromatic heterocycles. The van der Waals surface area contributed by atoms with Crippen LogP contribution in [-0.4, -0.2) is 17.6 Å². The number of aliphatic hydroxyl groups is 1. The van der Waals surface area contributed by atoms with E-state index in [1.165, 1.54) is 12.1 Å². The first kappa shape index (κ1) is 15.6. The van der Waals surface area contributed by atoms with Crippen LogP contribution in [0.25, 0.3) is 0 Å². The Morgan fingerprint density at radius 2 is 2.06 bits per heavy atom. The number of hydrogen-bond acceptors (Lipinski definition) is 2. The summed E-state index contributed by atoms with van der Waals surface area (Å²) in [7, 11) is 0. The number of rotatable bonds is 3. The predicted molar refractivity (Wildman–Crippen MR) is 62.4 cm³/mol. The number of aliphatic hydroxyl groups excluding tert-OH is 1. The van der Waals surface area contributed by atoms with E-state index in [0.29, 0.717) is 16.1 Å². The Labute approximate surface area is 104 Å². The van der Waals surface area contributed by atoms with Gasteiger partial charge in [-0.2, -0.15) is 0 Å². The molecule has 6 heteroatoms. The summed E-state index contributed by atoms with van der Waals surface area (Å²) >= 11 is 5.69. The number of benzene rings is 1. The second-order valence-corrected chi connectivity index (χ2v) is 3.83. The minimum absolute atomic E-state index is 0. The predicted octanol–water partition coefficient (Wildman–Crippen LogP) is 2.70. The molecule has 0 radical (unpaired) electrons. The maximum atomic E-state index is 13.1. The minimum atomic E-state index is -3.32. The molecule has 0 fully saturated rings. The molecule has 0 aliphatic rings. The molecule has 1 aromatic carbocycles. The van der Waals surface area contributed by atoms with Crippen LogP contribution in [0.1, 0.15) is 17.2 Å². The van der Waals surface area contributed by atoms with Crippen molar-refractivity contribution >= 4 is 24.0 Å². The van der Waals surface area contributed by atoms with Gasteiger partial charge >= 0.3 is 0 Å². The highest BCUT2D eigenvalue weighted by molar-refractivity contribution is 6.30. The zero-order chi connectivity index (χ0) is 11.6. The van der Waals surface area contributed by atoms with Gasteiger partial charge in [-0.15, -0.1) is 12.4 Å². The van der Waals surface area contributed by atoms with Crippen molar-refractivity contribution < 1.29 is 13.9 Å². The van der Waals surface area contributed by atoms with Crippen LogP contribution in [0.4, 0.5) is 8.78 Å². The molecule has 0 aliphatic carbocycles. The molecule has 1 atom stereocenters. The van der Waals surface area contributed by atoms with Crippen molar-refractivity contribution in [1.29, 1.82) is 0 Å². The average molecular weight is 272 g/mol. The van der Waals surface area contributed by atoms with E-state index < -0.39 is 18.6 Å². The molecule has 0 saturated carbocycles. The minimum Gasteiger partial charge on any atom is -0.390 e. The van der Waals surface area contributed by atoms with Crippen LogP contribution in [-0.2, 0) is 0 Å². The molecule has 0 saturated heterocycles. The van der Waals surface area contributed by atoms with Crippen molar-refractivity contribution in [2.24, 2.45) is 5.73 Å². The fraction of sp³-hybridized carbons (Fsp3) is 0.400. The first-order valence-corrected chi connectivity index (χ1v) is 4.76. The molecule has 3 N–H and O–H groups in total. The van der Waals surface area contributed by atoms with Crippen LogP contribution < -0.4 is 5.73 Å². The first-order valence-electron chi connectivity index (χ1n) is 4.39. The normalized spacial score (nSPS) is 13.1. The number of halogens is 4. The van der Waals surface area contributed by atoms with Crippen molar-refractivity contribution in [3.8, 4) is 0 Å². The topological polar surface area (TPSA) is 46.2 Å². The summed E-state index contributed by atoms with van der Waals surface area (Å²) < 4.78 is 26.2. The number of aryl methyl sites for hydroxylation is 1. The first-order chi connectivity index (χ1) is 6.88. The average Bonchev–Trinajstić information content (AvgIpc) is 2.17. The molecule has 1 rings (SSSR count). The molecule has 0 unspecified atom stereocenters. The van der Waals surface area contributed by atoms with E-state index in [1.807, 2.05) is 0 Å². The molecule has 0 aliphatic heterocycles. The summed E-state index contributed by atoms with van der Waals surface area (Å²) in [5, 5.41) is 8.98. The third kappa shape index (κ3) is 3.28. The van der Waals surface area contributed by atoms with Crippen LogP contribution in [0.2, 0.25) is 5.02 Å². The van der Waals surface area contributed by atoms with Crippen molar-refractivity contribution in [3.05, 3.63) is 34.3 Å². The Morgan fingerprint density at radius 1 is 1.50 bits per heavy atom. The van der Waals surface area contributed by atoms with Crippen molar-refractivity contribution in [2.45, 2.75) is 18.9 Å². The van der Waals surface area contributed by atoms with Crippen molar-refractivity contribution in [2.75, 3.05) is 6.61 Å². The summed E-state index contributed by atoms with van der Waals surface area (Å²) in [6.45, 7) is 0.380. The Kier molecular flexibility index (Phi) is 5.62. The van der Waals surface area contributed by atoms with Crippen LogP contribution in [0.3, 0.4) is 0 Å². The Hall–Kier alpha value is -0.420. The lowest BCUT2D eigenvalue weighted by Gasteiger charge is -2.23. The largest absolute Gasteiger partial charge is 0.390 e. The lowest BCUT2D eigenvalue weighted by Crippen LogP contribution is -2.36. The van der Waals surface area contributed by atoms with Gasteiger partial charge in [-0.1, -0.05) is 17.7 Å². The van der Waals surface area contributed by atoms with Gasteiger partial charge in [-0.05, 0) is 30.2 Å². The molecule has 16 heavy (non-hydrogen) atoms. The number of nitrogens with two attached hydrogens (primary N) is 1. The SMILES string of the molecule is Cc1cc(Cl)ccc1[C@@H](N)C(F)(F)CO.Cl. The summed E-state index contributed by atoms with van der Waals surface area (Å²) in [6, 6.07) is 2.99. The van der Waals surface area contributed by atoms with Crippen molar-refractivity contribution in [3.63, 3.8) is 0 Å². The number of alkyl halides is 2. The highest BCUT2D eigenvalue weighted by atomic mass is 35.5.